The van der Waals surface area contributed by atoms with Crippen LogP contribution in [0.5, 0.6) is 11.5 Å². The predicted molar refractivity (Wildman–Crippen MR) is 121 cm³/mol. The van der Waals surface area contributed by atoms with Gasteiger partial charge in [-0.2, -0.15) is 0 Å². The van der Waals surface area contributed by atoms with E-state index >= 15 is 0 Å². The van der Waals surface area contributed by atoms with Crippen LogP contribution in [0.1, 0.15) is 57.3 Å². The van der Waals surface area contributed by atoms with E-state index < -0.39 is 5.97 Å². The predicted octanol–water partition coefficient (Wildman–Crippen LogP) is 5.03. The number of benzene rings is 2. The molecule has 3 aromatic rings. The first-order chi connectivity index (χ1) is 15.4. The number of nitrogens with one attached hydrogen (secondary N) is 1. The average molecular weight is 431 g/mol. The number of pyridine rings is 1. The minimum absolute atomic E-state index is 0.0586. The quantitative estimate of drug-likeness (QED) is 0.545. The number of fused-ring (bicyclic) bond motifs is 1. The van der Waals surface area contributed by atoms with Crippen molar-refractivity contribution < 1.29 is 19.4 Å². The van der Waals surface area contributed by atoms with Gasteiger partial charge in [0.15, 0.2) is 0 Å². The zero-order valence-electron chi connectivity index (χ0n) is 18.3. The van der Waals surface area contributed by atoms with Gasteiger partial charge in [-0.25, -0.2) is 9.78 Å². The lowest BCUT2D eigenvalue weighted by atomic mass is 10.0. The average Bonchev–Trinajstić information content (AvgIpc) is 3.13. The molecule has 32 heavy (non-hydrogen) atoms. The van der Waals surface area contributed by atoms with E-state index in [1.54, 1.807) is 4.90 Å². The fraction of sp³-hybridized carbons (Fsp3) is 0.240. The van der Waals surface area contributed by atoms with Crippen LogP contribution >= 0.6 is 0 Å². The molecule has 0 spiro atoms. The summed E-state index contributed by atoms with van der Waals surface area (Å²) in [5.41, 5.74) is 2.98. The molecule has 0 bridgehead atoms. The zero-order chi connectivity index (χ0) is 22.8. The molecule has 1 aromatic heterocycles. The molecule has 0 saturated carbocycles. The molecule has 1 aliphatic rings. The van der Waals surface area contributed by atoms with Crippen LogP contribution in [0.2, 0.25) is 0 Å². The van der Waals surface area contributed by atoms with E-state index in [1.807, 2.05) is 69.3 Å². The number of aromatic carboxylic acids is 1. The smallest absolute Gasteiger partial charge is 0.338 e. The summed E-state index contributed by atoms with van der Waals surface area (Å²) in [6.07, 6.45) is 1.26. The highest BCUT2D eigenvalue weighted by Crippen LogP contribution is 2.33. The van der Waals surface area contributed by atoms with Crippen LogP contribution in [0.3, 0.4) is 0 Å². The number of nitrogens with zero attached hydrogens (tertiary/aromatic N) is 2. The molecule has 0 radical (unpaired) electrons. The molecule has 0 aliphatic carbocycles. The van der Waals surface area contributed by atoms with Crippen molar-refractivity contribution in [1.29, 1.82) is 0 Å². The molecule has 7 nitrogen and oxygen atoms in total. The first kappa shape index (κ1) is 21.4. The summed E-state index contributed by atoms with van der Waals surface area (Å²) >= 11 is 0. The number of carbonyl (C=O) groups is 2. The molecule has 2 heterocycles. The fourth-order valence-corrected chi connectivity index (χ4v) is 3.77. The van der Waals surface area contributed by atoms with Crippen molar-refractivity contribution >= 4 is 17.7 Å². The molecular weight excluding hydrogens is 406 g/mol. The van der Waals surface area contributed by atoms with Gasteiger partial charge in [-0.1, -0.05) is 29.8 Å². The summed E-state index contributed by atoms with van der Waals surface area (Å²) in [5.74, 6) is 0.623. The lowest BCUT2D eigenvalue weighted by molar-refractivity contribution is 0.0683. The van der Waals surface area contributed by atoms with Crippen LogP contribution in [0.25, 0.3) is 0 Å². The van der Waals surface area contributed by atoms with Gasteiger partial charge in [0.25, 0.3) is 5.91 Å². The largest absolute Gasteiger partial charge is 0.478 e. The molecule has 1 amide bonds. The van der Waals surface area contributed by atoms with Gasteiger partial charge in [-0.15, -0.1) is 0 Å². The number of hydrogen-bond acceptors (Lipinski definition) is 5. The van der Waals surface area contributed by atoms with Crippen LogP contribution in [0, 0.1) is 6.92 Å². The number of aromatic nitrogens is 1. The van der Waals surface area contributed by atoms with Gasteiger partial charge in [0, 0.05) is 24.3 Å². The van der Waals surface area contributed by atoms with Gasteiger partial charge in [0.2, 0.25) is 0 Å². The summed E-state index contributed by atoms with van der Waals surface area (Å²) in [6.45, 7) is 6.74. The maximum atomic E-state index is 12.7. The third kappa shape index (κ3) is 4.14. The summed E-state index contributed by atoms with van der Waals surface area (Å²) in [4.78, 5) is 30.2. The molecule has 4 rings (SSSR count). The maximum absolute atomic E-state index is 12.7. The second-order valence-corrected chi connectivity index (χ2v) is 7.85. The molecule has 0 fully saturated rings. The Labute approximate surface area is 186 Å². The van der Waals surface area contributed by atoms with Crippen molar-refractivity contribution in [3.8, 4) is 11.5 Å². The second-order valence-electron chi connectivity index (χ2n) is 7.85. The van der Waals surface area contributed by atoms with Crippen LogP contribution in [0.4, 0.5) is 5.82 Å². The Bertz CT molecular complexity index is 1160. The monoisotopic (exact) mass is 431 g/mol. The molecule has 2 N–H and O–H groups in total. The van der Waals surface area contributed by atoms with Crippen molar-refractivity contribution in [2.75, 3.05) is 11.9 Å². The van der Waals surface area contributed by atoms with Crippen molar-refractivity contribution in [2.45, 2.75) is 33.4 Å². The Hall–Kier alpha value is -3.87. The lowest BCUT2D eigenvalue weighted by Crippen LogP contribution is -2.24. The maximum Gasteiger partial charge on any atom is 0.338 e. The molecular formula is C25H25N3O4. The van der Waals surface area contributed by atoms with Crippen molar-refractivity contribution in [2.24, 2.45) is 0 Å². The van der Waals surface area contributed by atoms with Gasteiger partial charge in [0.05, 0.1) is 17.7 Å². The normalized spacial score (nSPS) is 13.6. The molecule has 0 saturated heterocycles. The SMILES string of the molecule is CCN1Cc2c(NC(C)c3ccc(Oc4ccc(C)cc4)cc3)ncc(C(=O)O)c2C1=O. The third-order valence-corrected chi connectivity index (χ3v) is 5.63. The Morgan fingerprint density at radius 2 is 1.78 bits per heavy atom. The molecule has 164 valence electrons. The van der Waals surface area contributed by atoms with Gasteiger partial charge < -0.3 is 20.1 Å². The third-order valence-electron chi connectivity index (χ3n) is 5.63. The van der Waals surface area contributed by atoms with Crippen LogP contribution < -0.4 is 10.1 Å². The van der Waals surface area contributed by atoms with Crippen LogP contribution in [-0.4, -0.2) is 33.4 Å². The number of anilines is 1. The summed E-state index contributed by atoms with van der Waals surface area (Å²) in [6, 6.07) is 15.5. The molecule has 2 aromatic carbocycles. The number of carbonyl (C=O) groups excluding carboxylic acids is 1. The second kappa shape index (κ2) is 8.70. The highest BCUT2D eigenvalue weighted by Gasteiger charge is 2.34. The zero-order valence-corrected chi connectivity index (χ0v) is 18.3. The van der Waals surface area contributed by atoms with Crippen molar-refractivity contribution in [3.63, 3.8) is 0 Å². The summed E-state index contributed by atoms with van der Waals surface area (Å²) in [5, 5.41) is 12.8. The lowest BCUT2D eigenvalue weighted by Gasteiger charge is -2.18. The van der Waals surface area contributed by atoms with Gasteiger partial charge in [-0.3, -0.25) is 4.79 Å². The number of carboxylic acids is 1. The molecule has 7 heteroatoms. The molecule has 1 unspecified atom stereocenters. The first-order valence-electron chi connectivity index (χ1n) is 10.5. The van der Waals surface area contributed by atoms with Gasteiger partial charge in [-0.05, 0) is 50.6 Å². The number of amides is 1. The van der Waals surface area contributed by atoms with Gasteiger partial charge >= 0.3 is 5.97 Å². The fourth-order valence-electron chi connectivity index (χ4n) is 3.77. The van der Waals surface area contributed by atoms with E-state index in [1.165, 1.54) is 11.8 Å². The summed E-state index contributed by atoms with van der Waals surface area (Å²) < 4.78 is 5.89. The Balaban J connectivity index is 1.53. The van der Waals surface area contributed by atoms with E-state index in [9.17, 15) is 14.7 Å². The Morgan fingerprint density at radius 1 is 1.16 bits per heavy atom. The van der Waals surface area contributed by atoms with E-state index in [0.29, 0.717) is 24.5 Å². The minimum Gasteiger partial charge on any atom is -0.478 e. The molecule has 1 aliphatic heterocycles. The Morgan fingerprint density at radius 3 is 2.38 bits per heavy atom. The Kier molecular flexibility index (Phi) is 5.81. The highest BCUT2D eigenvalue weighted by molar-refractivity contribution is 6.08. The van der Waals surface area contributed by atoms with E-state index in [0.717, 1.165) is 17.1 Å². The number of ether oxygens (including phenoxy) is 1. The molecule has 1 atom stereocenters. The van der Waals surface area contributed by atoms with Crippen LogP contribution in [0.15, 0.2) is 54.7 Å². The minimum atomic E-state index is -1.15. The standard InChI is InChI=1S/C25H25N3O4/c1-4-28-14-21-22(24(28)29)20(25(30)31)13-26-23(21)27-16(3)17-7-11-19(12-8-17)32-18-9-5-15(2)6-10-18/h5-13,16H,4,14H2,1-3H3,(H,26,27)(H,30,31). The number of rotatable bonds is 7. The number of aryl methyl sites for hydroxylation is 1. The highest BCUT2D eigenvalue weighted by atomic mass is 16.5. The topological polar surface area (TPSA) is 91.8 Å². The van der Waals surface area contributed by atoms with E-state index in [2.05, 4.69) is 10.3 Å². The van der Waals surface area contributed by atoms with Crippen LogP contribution in [-0.2, 0) is 6.54 Å². The van der Waals surface area contributed by atoms with Crippen molar-refractivity contribution in [1.82, 2.24) is 9.88 Å². The van der Waals surface area contributed by atoms with E-state index in [-0.39, 0.29) is 23.1 Å². The van der Waals surface area contributed by atoms with Gasteiger partial charge in [0.1, 0.15) is 17.3 Å². The number of carboxylic acid groups (broad SMARTS) is 1. The van der Waals surface area contributed by atoms with E-state index in [4.69, 9.17) is 4.74 Å². The van der Waals surface area contributed by atoms with Crippen molar-refractivity contribution in [3.05, 3.63) is 82.5 Å². The summed E-state index contributed by atoms with van der Waals surface area (Å²) in [7, 11) is 0. The number of hydrogen-bond donors (Lipinski definition) is 2. The first-order valence-corrected chi connectivity index (χ1v) is 10.5.